The van der Waals surface area contributed by atoms with E-state index >= 15 is 0 Å². The summed E-state index contributed by atoms with van der Waals surface area (Å²) in [5, 5.41) is 0.247. The maximum Gasteiger partial charge on any atom is 0.222 e. The van der Waals surface area contributed by atoms with E-state index in [1.165, 1.54) is 0 Å². The summed E-state index contributed by atoms with van der Waals surface area (Å²) in [6, 6.07) is 1.82. The van der Waals surface area contributed by atoms with Gasteiger partial charge in [-0.15, -0.1) is 11.8 Å². The van der Waals surface area contributed by atoms with Gasteiger partial charge in [0, 0.05) is 18.3 Å². The molecular formula is C10H11ClN2OS. The average Bonchev–Trinajstić information content (AvgIpc) is 2.67. The van der Waals surface area contributed by atoms with Gasteiger partial charge in [0.15, 0.2) is 0 Å². The second-order valence-corrected chi connectivity index (χ2v) is 5.48. The molecule has 2 rings (SSSR count). The van der Waals surface area contributed by atoms with E-state index in [1.807, 2.05) is 6.07 Å². The van der Waals surface area contributed by atoms with E-state index in [2.05, 4.69) is 9.97 Å². The van der Waals surface area contributed by atoms with Gasteiger partial charge in [0.05, 0.1) is 4.75 Å². The van der Waals surface area contributed by atoms with Gasteiger partial charge in [0.2, 0.25) is 5.28 Å². The summed E-state index contributed by atoms with van der Waals surface area (Å²) in [4.78, 5) is 19.1. The Morgan fingerprint density at radius 2 is 2.53 bits per heavy atom. The SMILES string of the molecule is O=CC1(Cc2ccnc(Cl)n2)CCCS1. The fraction of sp³-hybridized carbons (Fsp3) is 0.500. The van der Waals surface area contributed by atoms with Crippen molar-refractivity contribution in [2.45, 2.75) is 24.0 Å². The summed E-state index contributed by atoms with van der Waals surface area (Å²) in [5.74, 6) is 1.05. The first-order valence-corrected chi connectivity index (χ1v) is 6.18. The molecule has 3 nitrogen and oxygen atoms in total. The highest BCUT2D eigenvalue weighted by Crippen LogP contribution is 2.38. The Morgan fingerprint density at radius 1 is 1.67 bits per heavy atom. The zero-order valence-corrected chi connectivity index (χ0v) is 9.72. The third-order valence-electron chi connectivity index (χ3n) is 2.51. The fourth-order valence-corrected chi connectivity index (χ4v) is 3.23. The molecule has 0 spiro atoms. The van der Waals surface area contributed by atoms with Gasteiger partial charge in [-0.1, -0.05) is 0 Å². The fourth-order valence-electron chi connectivity index (χ4n) is 1.77. The van der Waals surface area contributed by atoms with Gasteiger partial charge >= 0.3 is 0 Å². The van der Waals surface area contributed by atoms with Gasteiger partial charge < -0.3 is 4.79 Å². The van der Waals surface area contributed by atoms with Crippen LogP contribution in [0.25, 0.3) is 0 Å². The Hall–Kier alpha value is -0.610. The van der Waals surface area contributed by atoms with Crippen molar-refractivity contribution in [1.82, 2.24) is 9.97 Å². The second kappa shape index (κ2) is 4.49. The van der Waals surface area contributed by atoms with Crippen molar-refractivity contribution < 1.29 is 4.79 Å². The molecule has 2 heterocycles. The number of aromatic nitrogens is 2. The first kappa shape index (κ1) is 10.9. The minimum Gasteiger partial charge on any atom is -0.302 e. The summed E-state index contributed by atoms with van der Waals surface area (Å²) >= 11 is 7.42. The van der Waals surface area contributed by atoms with E-state index < -0.39 is 0 Å². The van der Waals surface area contributed by atoms with Crippen LogP contribution < -0.4 is 0 Å². The van der Waals surface area contributed by atoms with E-state index in [0.717, 1.165) is 30.6 Å². The smallest absolute Gasteiger partial charge is 0.222 e. The molecular weight excluding hydrogens is 232 g/mol. The first-order chi connectivity index (χ1) is 7.24. The molecule has 0 aliphatic carbocycles. The number of carbonyl (C=O) groups is 1. The molecule has 1 aliphatic rings. The van der Waals surface area contributed by atoms with Gasteiger partial charge in [-0.3, -0.25) is 0 Å². The predicted octanol–water partition coefficient (Wildman–Crippen LogP) is 2.14. The van der Waals surface area contributed by atoms with Crippen LogP contribution in [0.2, 0.25) is 5.28 Å². The van der Waals surface area contributed by atoms with Gasteiger partial charge in [-0.25, -0.2) is 9.97 Å². The Labute approximate surface area is 97.6 Å². The molecule has 0 amide bonds. The zero-order valence-electron chi connectivity index (χ0n) is 8.15. The molecule has 1 unspecified atom stereocenters. The van der Waals surface area contributed by atoms with Crippen molar-refractivity contribution >= 4 is 29.6 Å². The van der Waals surface area contributed by atoms with Gasteiger partial charge in [-0.2, -0.15) is 0 Å². The number of halogens is 1. The van der Waals surface area contributed by atoms with Crippen molar-refractivity contribution in [3.63, 3.8) is 0 Å². The largest absolute Gasteiger partial charge is 0.302 e. The zero-order chi connectivity index (χ0) is 10.7. The third kappa shape index (κ3) is 2.49. The highest BCUT2D eigenvalue weighted by Gasteiger charge is 2.35. The Kier molecular flexibility index (Phi) is 3.26. The standard InChI is InChI=1S/C10H11ClN2OS/c11-9-12-4-2-8(13-9)6-10(7-14)3-1-5-15-10/h2,4,7H,1,3,5-6H2. The molecule has 0 radical (unpaired) electrons. The van der Waals surface area contributed by atoms with Crippen molar-refractivity contribution in [3.8, 4) is 0 Å². The monoisotopic (exact) mass is 242 g/mol. The molecule has 5 heteroatoms. The molecule has 1 saturated heterocycles. The molecule has 0 bridgehead atoms. The van der Waals surface area contributed by atoms with Crippen LogP contribution >= 0.6 is 23.4 Å². The van der Waals surface area contributed by atoms with Crippen LogP contribution in [-0.4, -0.2) is 26.8 Å². The minimum atomic E-state index is -0.280. The lowest BCUT2D eigenvalue weighted by Gasteiger charge is -2.19. The summed E-state index contributed by atoms with van der Waals surface area (Å²) in [6.07, 6.45) is 5.37. The van der Waals surface area contributed by atoms with Crippen LogP contribution in [0.15, 0.2) is 12.3 Å². The van der Waals surface area contributed by atoms with Crippen LogP contribution in [0.1, 0.15) is 18.5 Å². The summed E-state index contributed by atoms with van der Waals surface area (Å²) in [5.41, 5.74) is 0.844. The quantitative estimate of drug-likeness (QED) is 0.602. The van der Waals surface area contributed by atoms with Gasteiger partial charge in [0.25, 0.3) is 0 Å². The maximum atomic E-state index is 11.1. The minimum absolute atomic E-state index is 0.247. The number of nitrogens with zero attached hydrogens (tertiary/aromatic N) is 2. The van der Waals surface area contributed by atoms with Crippen LogP contribution in [-0.2, 0) is 11.2 Å². The maximum absolute atomic E-state index is 11.1. The lowest BCUT2D eigenvalue weighted by molar-refractivity contribution is -0.109. The molecule has 0 N–H and O–H groups in total. The number of aldehydes is 1. The van der Waals surface area contributed by atoms with E-state index in [9.17, 15) is 4.79 Å². The molecule has 1 atom stereocenters. The van der Waals surface area contributed by atoms with E-state index in [-0.39, 0.29) is 10.0 Å². The number of hydrogen-bond acceptors (Lipinski definition) is 4. The van der Waals surface area contributed by atoms with Crippen LogP contribution in [0.3, 0.4) is 0 Å². The van der Waals surface area contributed by atoms with E-state index in [1.54, 1.807) is 18.0 Å². The molecule has 80 valence electrons. The van der Waals surface area contributed by atoms with Gasteiger partial charge in [-0.05, 0) is 36.3 Å². The van der Waals surface area contributed by atoms with Crippen molar-refractivity contribution in [2.24, 2.45) is 0 Å². The van der Waals surface area contributed by atoms with Crippen molar-refractivity contribution in [2.75, 3.05) is 5.75 Å². The summed E-state index contributed by atoms with van der Waals surface area (Å²) in [6.45, 7) is 0. The molecule has 0 saturated carbocycles. The van der Waals surface area contributed by atoms with Crippen LogP contribution in [0.5, 0.6) is 0 Å². The van der Waals surface area contributed by atoms with Crippen molar-refractivity contribution in [1.29, 1.82) is 0 Å². The van der Waals surface area contributed by atoms with Gasteiger partial charge in [0.1, 0.15) is 6.29 Å². The third-order valence-corrected chi connectivity index (χ3v) is 4.21. The lowest BCUT2D eigenvalue weighted by atomic mass is 9.99. The van der Waals surface area contributed by atoms with E-state index in [0.29, 0.717) is 6.42 Å². The average molecular weight is 243 g/mol. The molecule has 0 aromatic carbocycles. The molecule has 1 fully saturated rings. The first-order valence-electron chi connectivity index (χ1n) is 4.82. The Bertz CT molecular complexity index is 366. The molecule has 1 aromatic heterocycles. The Morgan fingerprint density at radius 3 is 3.13 bits per heavy atom. The Balaban J connectivity index is 2.16. The second-order valence-electron chi connectivity index (χ2n) is 3.63. The van der Waals surface area contributed by atoms with E-state index in [4.69, 9.17) is 11.6 Å². The number of thioether (sulfide) groups is 1. The topological polar surface area (TPSA) is 42.9 Å². The van der Waals surface area contributed by atoms with Crippen LogP contribution in [0, 0.1) is 0 Å². The molecule has 15 heavy (non-hydrogen) atoms. The normalized spacial score (nSPS) is 25.4. The summed E-state index contributed by atoms with van der Waals surface area (Å²) in [7, 11) is 0. The number of hydrogen-bond donors (Lipinski definition) is 0. The van der Waals surface area contributed by atoms with Crippen LogP contribution in [0.4, 0.5) is 0 Å². The highest BCUT2D eigenvalue weighted by molar-refractivity contribution is 8.01. The number of carbonyl (C=O) groups excluding carboxylic acids is 1. The lowest BCUT2D eigenvalue weighted by Crippen LogP contribution is -2.26. The predicted molar refractivity (Wildman–Crippen MR) is 61.2 cm³/mol. The van der Waals surface area contributed by atoms with Crippen molar-refractivity contribution in [3.05, 3.63) is 23.2 Å². The molecule has 1 aliphatic heterocycles. The summed E-state index contributed by atoms with van der Waals surface area (Å²) < 4.78 is -0.280. The highest BCUT2D eigenvalue weighted by atomic mass is 35.5. The molecule has 1 aromatic rings. The number of rotatable bonds is 3.